The predicted octanol–water partition coefficient (Wildman–Crippen LogP) is 2.45. The van der Waals surface area contributed by atoms with E-state index < -0.39 is 0 Å². The number of aliphatic hydroxyl groups is 1. The van der Waals surface area contributed by atoms with Crippen molar-refractivity contribution >= 4 is 0 Å². The monoisotopic (exact) mass is 214 g/mol. The summed E-state index contributed by atoms with van der Waals surface area (Å²) in [4.78, 5) is 7.31. The van der Waals surface area contributed by atoms with Gasteiger partial charge in [-0.25, -0.2) is 4.98 Å². The first-order chi connectivity index (χ1) is 7.86. The van der Waals surface area contributed by atoms with E-state index in [-0.39, 0.29) is 6.61 Å². The summed E-state index contributed by atoms with van der Waals surface area (Å²) in [7, 11) is 0. The van der Waals surface area contributed by atoms with E-state index in [2.05, 4.69) is 34.2 Å². The molecule has 3 heteroatoms. The molecule has 0 atom stereocenters. The molecule has 1 aromatic heterocycles. The van der Waals surface area contributed by atoms with Crippen LogP contribution in [0.3, 0.4) is 0 Å². The van der Waals surface area contributed by atoms with Crippen molar-refractivity contribution in [2.24, 2.45) is 0 Å². The van der Waals surface area contributed by atoms with Crippen molar-refractivity contribution in [1.29, 1.82) is 0 Å². The third kappa shape index (κ3) is 1.74. The number of H-pyrrole nitrogens is 1. The summed E-state index contributed by atoms with van der Waals surface area (Å²) in [6.45, 7) is 0.00710. The Hall–Kier alpha value is -1.61. The molecule has 0 saturated heterocycles. The number of nitrogens with one attached hydrogen (secondary N) is 1. The Balaban J connectivity index is 1.87. The van der Waals surface area contributed by atoms with Gasteiger partial charge < -0.3 is 10.1 Å². The van der Waals surface area contributed by atoms with Crippen LogP contribution in [0, 0.1) is 0 Å². The quantitative estimate of drug-likeness (QED) is 0.824. The summed E-state index contributed by atoms with van der Waals surface area (Å²) >= 11 is 0. The van der Waals surface area contributed by atoms with Crippen molar-refractivity contribution in [2.75, 3.05) is 0 Å². The van der Waals surface area contributed by atoms with E-state index in [9.17, 15) is 0 Å². The molecule has 0 amide bonds. The molecule has 1 aromatic carbocycles. The molecule has 1 saturated carbocycles. The van der Waals surface area contributed by atoms with E-state index >= 15 is 0 Å². The van der Waals surface area contributed by atoms with E-state index in [1.165, 1.54) is 18.4 Å². The number of aliphatic hydroxyl groups excluding tert-OH is 1. The molecule has 2 N–H and O–H groups in total. The van der Waals surface area contributed by atoms with Crippen LogP contribution >= 0.6 is 0 Å². The molecular formula is C13H14N2O. The van der Waals surface area contributed by atoms with Crippen LogP contribution in [-0.4, -0.2) is 15.1 Å². The summed E-state index contributed by atoms with van der Waals surface area (Å²) in [5.74, 6) is 1.62. The standard InChI is InChI=1S/C13H14N2O/c16-8-12-7-14-13(15-12)11-5-3-10(4-6-11)9-1-2-9/h3-7,9,16H,1-2,8H2,(H,14,15). The largest absolute Gasteiger partial charge is 0.390 e. The summed E-state index contributed by atoms with van der Waals surface area (Å²) in [6.07, 6.45) is 4.33. The van der Waals surface area contributed by atoms with Crippen molar-refractivity contribution in [3.8, 4) is 11.4 Å². The zero-order valence-electron chi connectivity index (χ0n) is 8.98. The van der Waals surface area contributed by atoms with Crippen LogP contribution < -0.4 is 0 Å². The summed E-state index contributed by atoms with van der Waals surface area (Å²) < 4.78 is 0. The van der Waals surface area contributed by atoms with E-state index in [0.717, 1.165) is 23.0 Å². The van der Waals surface area contributed by atoms with Gasteiger partial charge in [0.05, 0.1) is 18.5 Å². The second-order valence-corrected chi connectivity index (χ2v) is 4.31. The van der Waals surface area contributed by atoms with Gasteiger partial charge in [0.2, 0.25) is 0 Å². The van der Waals surface area contributed by atoms with E-state index in [1.54, 1.807) is 6.20 Å². The topological polar surface area (TPSA) is 48.9 Å². The Kier molecular flexibility index (Phi) is 2.26. The highest BCUT2D eigenvalue weighted by Gasteiger charge is 2.23. The van der Waals surface area contributed by atoms with Gasteiger partial charge in [-0.1, -0.05) is 24.3 Å². The highest BCUT2D eigenvalue weighted by molar-refractivity contribution is 5.56. The molecular weight excluding hydrogens is 200 g/mol. The molecule has 0 unspecified atom stereocenters. The minimum Gasteiger partial charge on any atom is -0.390 e. The normalized spacial score (nSPS) is 15.3. The number of benzene rings is 1. The molecule has 0 aliphatic heterocycles. The Morgan fingerprint density at radius 1 is 1.25 bits per heavy atom. The fourth-order valence-electron chi connectivity index (χ4n) is 1.92. The van der Waals surface area contributed by atoms with Crippen LogP contribution in [0.5, 0.6) is 0 Å². The smallest absolute Gasteiger partial charge is 0.137 e. The third-order valence-corrected chi connectivity index (χ3v) is 3.03. The highest BCUT2D eigenvalue weighted by atomic mass is 16.3. The van der Waals surface area contributed by atoms with E-state index in [4.69, 9.17) is 5.11 Å². The lowest BCUT2D eigenvalue weighted by Crippen LogP contribution is -1.84. The second kappa shape index (κ2) is 3.76. The SMILES string of the molecule is OCc1cnc(-c2ccc(C3CC3)cc2)[nH]1. The summed E-state index contributed by atoms with van der Waals surface area (Å²) in [5, 5.41) is 8.95. The van der Waals surface area contributed by atoms with Crippen molar-refractivity contribution in [3.63, 3.8) is 0 Å². The third-order valence-electron chi connectivity index (χ3n) is 3.03. The predicted molar refractivity (Wildman–Crippen MR) is 61.9 cm³/mol. The lowest BCUT2D eigenvalue weighted by atomic mass is 10.1. The van der Waals surface area contributed by atoms with Crippen LogP contribution in [0.4, 0.5) is 0 Å². The fraction of sp³-hybridized carbons (Fsp3) is 0.308. The molecule has 3 rings (SSSR count). The Morgan fingerprint density at radius 2 is 2.00 bits per heavy atom. The van der Waals surface area contributed by atoms with Gasteiger partial charge in [-0.05, 0) is 24.3 Å². The van der Waals surface area contributed by atoms with Gasteiger partial charge in [0.15, 0.2) is 0 Å². The first-order valence-corrected chi connectivity index (χ1v) is 5.62. The molecule has 1 aliphatic rings. The van der Waals surface area contributed by atoms with Gasteiger partial charge in [0.25, 0.3) is 0 Å². The molecule has 0 bridgehead atoms. The number of nitrogens with zero attached hydrogens (tertiary/aromatic N) is 1. The number of hydrogen-bond donors (Lipinski definition) is 2. The van der Waals surface area contributed by atoms with Gasteiger partial charge in [0, 0.05) is 5.56 Å². The Morgan fingerprint density at radius 3 is 2.56 bits per heavy atom. The molecule has 1 aliphatic carbocycles. The first-order valence-electron chi connectivity index (χ1n) is 5.62. The highest BCUT2D eigenvalue weighted by Crippen LogP contribution is 2.40. The van der Waals surface area contributed by atoms with Crippen LogP contribution in [0.15, 0.2) is 30.5 Å². The number of aromatic nitrogens is 2. The van der Waals surface area contributed by atoms with Crippen molar-refractivity contribution in [3.05, 3.63) is 41.7 Å². The molecule has 1 fully saturated rings. The first kappa shape index (κ1) is 9.60. The molecule has 1 heterocycles. The molecule has 3 nitrogen and oxygen atoms in total. The Labute approximate surface area is 94.2 Å². The lowest BCUT2D eigenvalue weighted by molar-refractivity contribution is 0.277. The molecule has 16 heavy (non-hydrogen) atoms. The average molecular weight is 214 g/mol. The maximum absolute atomic E-state index is 8.95. The van der Waals surface area contributed by atoms with Gasteiger partial charge >= 0.3 is 0 Å². The van der Waals surface area contributed by atoms with E-state index in [0.29, 0.717) is 0 Å². The van der Waals surface area contributed by atoms with Gasteiger partial charge in [0.1, 0.15) is 5.82 Å². The van der Waals surface area contributed by atoms with Gasteiger partial charge in [-0.2, -0.15) is 0 Å². The van der Waals surface area contributed by atoms with Gasteiger partial charge in [-0.3, -0.25) is 0 Å². The number of hydrogen-bond acceptors (Lipinski definition) is 2. The maximum Gasteiger partial charge on any atom is 0.137 e. The zero-order chi connectivity index (χ0) is 11.0. The molecule has 0 radical (unpaired) electrons. The molecule has 82 valence electrons. The van der Waals surface area contributed by atoms with Crippen LogP contribution in [0.25, 0.3) is 11.4 Å². The van der Waals surface area contributed by atoms with Gasteiger partial charge in [-0.15, -0.1) is 0 Å². The average Bonchev–Trinajstić information content (AvgIpc) is 3.07. The number of rotatable bonds is 3. The minimum absolute atomic E-state index is 0.00710. The minimum atomic E-state index is 0.00710. The lowest BCUT2D eigenvalue weighted by Gasteiger charge is -2.00. The number of aromatic amines is 1. The summed E-state index contributed by atoms with van der Waals surface area (Å²) in [6, 6.07) is 8.53. The molecule has 2 aromatic rings. The van der Waals surface area contributed by atoms with Crippen molar-refractivity contribution in [2.45, 2.75) is 25.4 Å². The zero-order valence-corrected chi connectivity index (χ0v) is 8.98. The summed E-state index contributed by atoms with van der Waals surface area (Å²) in [5.41, 5.74) is 3.25. The van der Waals surface area contributed by atoms with Crippen LogP contribution in [0.1, 0.15) is 30.0 Å². The Bertz CT molecular complexity index is 483. The fourth-order valence-corrected chi connectivity index (χ4v) is 1.92. The van der Waals surface area contributed by atoms with Crippen molar-refractivity contribution in [1.82, 2.24) is 9.97 Å². The van der Waals surface area contributed by atoms with E-state index in [1.807, 2.05) is 0 Å². The maximum atomic E-state index is 8.95. The van der Waals surface area contributed by atoms with Crippen molar-refractivity contribution < 1.29 is 5.11 Å². The molecule has 0 spiro atoms. The second-order valence-electron chi connectivity index (χ2n) is 4.31. The van der Waals surface area contributed by atoms with Crippen LogP contribution in [-0.2, 0) is 6.61 Å². The van der Waals surface area contributed by atoms with Crippen LogP contribution in [0.2, 0.25) is 0 Å². The number of imidazole rings is 1.